The molecule has 0 unspecified atom stereocenters. The molecule has 0 aromatic carbocycles. The lowest BCUT2D eigenvalue weighted by atomic mass is 10.2. The topological polar surface area (TPSA) is 62.2 Å². The Morgan fingerprint density at radius 3 is 2.90 bits per heavy atom. The van der Waals surface area contributed by atoms with Crippen molar-refractivity contribution in [1.82, 2.24) is 10.3 Å². The first-order valence-electron chi connectivity index (χ1n) is 6.25. The summed E-state index contributed by atoms with van der Waals surface area (Å²) in [6, 6.07) is 9.11. The highest BCUT2D eigenvalue weighted by molar-refractivity contribution is 7.16. The fourth-order valence-corrected chi connectivity index (χ4v) is 2.74. The number of aromatic nitrogens is 1. The summed E-state index contributed by atoms with van der Waals surface area (Å²) in [6.45, 7) is 0.192. The average molecular weight is 311 g/mol. The van der Waals surface area contributed by atoms with Crippen LogP contribution in [0.25, 0.3) is 0 Å². The zero-order valence-corrected chi connectivity index (χ0v) is 12.3. The minimum absolute atomic E-state index is 0.0997. The van der Waals surface area contributed by atoms with Crippen LogP contribution in [0.2, 0.25) is 4.34 Å². The Kier molecular flexibility index (Phi) is 5.52. The van der Waals surface area contributed by atoms with E-state index in [1.807, 2.05) is 18.2 Å². The standard InChI is InChI=1S/C14H15ClN2O2S/c15-13-6-5-12(20-13)11(18)9-17-14(19)7-4-10-3-1-2-8-16-10/h1-3,5-6,8,11,18H,4,7,9H2,(H,17,19)/t11-/m0/s1. The highest BCUT2D eigenvalue weighted by Crippen LogP contribution is 2.26. The van der Waals surface area contributed by atoms with Gasteiger partial charge in [-0.25, -0.2) is 0 Å². The van der Waals surface area contributed by atoms with Gasteiger partial charge in [0.25, 0.3) is 0 Å². The number of aryl methyl sites for hydroxylation is 1. The number of aliphatic hydroxyl groups is 1. The smallest absolute Gasteiger partial charge is 0.220 e. The van der Waals surface area contributed by atoms with Crippen molar-refractivity contribution in [1.29, 1.82) is 0 Å². The number of nitrogens with zero attached hydrogens (tertiary/aromatic N) is 1. The lowest BCUT2D eigenvalue weighted by Crippen LogP contribution is -2.28. The average Bonchev–Trinajstić information content (AvgIpc) is 2.90. The van der Waals surface area contributed by atoms with E-state index in [0.717, 1.165) is 10.6 Å². The van der Waals surface area contributed by atoms with Gasteiger partial charge < -0.3 is 10.4 Å². The molecule has 0 saturated carbocycles. The highest BCUT2D eigenvalue weighted by atomic mass is 35.5. The van der Waals surface area contributed by atoms with E-state index in [9.17, 15) is 9.90 Å². The second-order valence-corrected chi connectivity index (χ2v) is 6.03. The molecule has 0 aliphatic rings. The fraction of sp³-hybridized carbons (Fsp3) is 0.286. The van der Waals surface area contributed by atoms with Gasteiger partial charge in [-0.3, -0.25) is 9.78 Å². The van der Waals surface area contributed by atoms with Gasteiger partial charge in [-0.2, -0.15) is 0 Å². The van der Waals surface area contributed by atoms with Crippen LogP contribution in [0.3, 0.4) is 0 Å². The van der Waals surface area contributed by atoms with E-state index in [1.54, 1.807) is 18.3 Å². The van der Waals surface area contributed by atoms with Crippen LogP contribution in [0, 0.1) is 0 Å². The number of nitrogens with one attached hydrogen (secondary N) is 1. The molecule has 0 aliphatic carbocycles. The first kappa shape index (κ1) is 15.0. The summed E-state index contributed by atoms with van der Waals surface area (Å²) in [6.07, 6.45) is 1.94. The van der Waals surface area contributed by atoms with Gasteiger partial charge in [0.1, 0.15) is 6.10 Å². The van der Waals surface area contributed by atoms with Gasteiger partial charge >= 0.3 is 0 Å². The molecule has 0 radical (unpaired) electrons. The van der Waals surface area contributed by atoms with Crippen molar-refractivity contribution in [2.45, 2.75) is 18.9 Å². The largest absolute Gasteiger partial charge is 0.386 e. The predicted octanol–water partition coefficient (Wildman–Crippen LogP) is 2.58. The van der Waals surface area contributed by atoms with E-state index in [2.05, 4.69) is 10.3 Å². The third-order valence-electron chi connectivity index (χ3n) is 2.75. The number of hydrogen-bond acceptors (Lipinski definition) is 4. The summed E-state index contributed by atoms with van der Waals surface area (Å²) in [5.74, 6) is -0.0997. The first-order valence-corrected chi connectivity index (χ1v) is 7.44. The van der Waals surface area contributed by atoms with Gasteiger partial charge in [0.2, 0.25) is 5.91 Å². The predicted molar refractivity (Wildman–Crippen MR) is 79.9 cm³/mol. The van der Waals surface area contributed by atoms with Crippen LogP contribution >= 0.6 is 22.9 Å². The second-order valence-electron chi connectivity index (χ2n) is 4.28. The van der Waals surface area contributed by atoms with E-state index < -0.39 is 6.10 Å². The van der Waals surface area contributed by atoms with Gasteiger partial charge in [0.05, 0.1) is 4.34 Å². The SMILES string of the molecule is O=C(CCc1ccccn1)NC[C@H](O)c1ccc(Cl)s1. The van der Waals surface area contributed by atoms with E-state index in [1.165, 1.54) is 11.3 Å². The zero-order chi connectivity index (χ0) is 14.4. The van der Waals surface area contributed by atoms with Crippen LogP contribution in [0.5, 0.6) is 0 Å². The fourth-order valence-electron chi connectivity index (χ4n) is 1.69. The maximum atomic E-state index is 11.7. The number of rotatable bonds is 6. The van der Waals surface area contributed by atoms with E-state index in [0.29, 0.717) is 17.2 Å². The molecular formula is C14H15ClN2O2S. The molecule has 1 atom stereocenters. The molecule has 6 heteroatoms. The Labute approximate surface area is 126 Å². The number of thiophene rings is 1. The number of carbonyl (C=O) groups excluding carboxylic acids is 1. The third kappa shape index (κ3) is 4.59. The summed E-state index contributed by atoms with van der Waals surface area (Å²) in [5, 5.41) is 12.6. The van der Waals surface area contributed by atoms with Crippen LogP contribution in [0.1, 0.15) is 23.1 Å². The number of aliphatic hydroxyl groups excluding tert-OH is 1. The highest BCUT2D eigenvalue weighted by Gasteiger charge is 2.11. The molecule has 2 aromatic heterocycles. The van der Waals surface area contributed by atoms with Crippen molar-refractivity contribution in [3.05, 3.63) is 51.4 Å². The van der Waals surface area contributed by atoms with Crippen molar-refractivity contribution < 1.29 is 9.90 Å². The first-order chi connectivity index (χ1) is 9.65. The van der Waals surface area contributed by atoms with Gasteiger partial charge in [-0.1, -0.05) is 17.7 Å². The molecule has 0 saturated heterocycles. The van der Waals surface area contributed by atoms with Crippen molar-refractivity contribution in [2.24, 2.45) is 0 Å². The lowest BCUT2D eigenvalue weighted by Gasteiger charge is -2.10. The number of hydrogen-bond donors (Lipinski definition) is 2. The Morgan fingerprint density at radius 2 is 2.25 bits per heavy atom. The van der Waals surface area contributed by atoms with Gasteiger partial charge in [-0.05, 0) is 30.7 Å². The van der Waals surface area contributed by atoms with Crippen LogP contribution in [0.15, 0.2) is 36.5 Å². The molecule has 0 spiro atoms. The van der Waals surface area contributed by atoms with Gasteiger partial charge in [0.15, 0.2) is 0 Å². The van der Waals surface area contributed by atoms with Crippen molar-refractivity contribution in [3.8, 4) is 0 Å². The quantitative estimate of drug-likeness (QED) is 0.862. The van der Waals surface area contributed by atoms with Crippen LogP contribution in [0.4, 0.5) is 0 Å². The van der Waals surface area contributed by atoms with E-state index in [-0.39, 0.29) is 12.5 Å². The van der Waals surface area contributed by atoms with Gasteiger partial charge in [0, 0.05) is 29.7 Å². The molecule has 106 valence electrons. The summed E-state index contributed by atoms with van der Waals surface area (Å²) < 4.78 is 0.625. The Bertz CT molecular complexity index is 559. The molecule has 1 amide bonds. The monoisotopic (exact) mass is 310 g/mol. The molecule has 0 aliphatic heterocycles. The van der Waals surface area contributed by atoms with Crippen molar-refractivity contribution >= 4 is 28.8 Å². The maximum Gasteiger partial charge on any atom is 0.220 e. The molecule has 2 rings (SSSR count). The van der Waals surface area contributed by atoms with Gasteiger partial charge in [-0.15, -0.1) is 11.3 Å². The Balaban J connectivity index is 1.72. The number of carbonyl (C=O) groups is 1. The molecule has 0 fully saturated rings. The number of amides is 1. The molecule has 0 bridgehead atoms. The van der Waals surface area contributed by atoms with Crippen LogP contribution in [-0.4, -0.2) is 22.5 Å². The summed E-state index contributed by atoms with van der Waals surface area (Å²) in [7, 11) is 0. The number of pyridine rings is 1. The van der Waals surface area contributed by atoms with E-state index in [4.69, 9.17) is 11.6 Å². The summed E-state index contributed by atoms with van der Waals surface area (Å²) >= 11 is 7.11. The lowest BCUT2D eigenvalue weighted by molar-refractivity contribution is -0.121. The summed E-state index contributed by atoms with van der Waals surface area (Å²) in [4.78, 5) is 16.6. The van der Waals surface area contributed by atoms with Crippen LogP contribution in [-0.2, 0) is 11.2 Å². The normalized spacial score (nSPS) is 12.1. The number of halogens is 1. The second kappa shape index (κ2) is 7.38. The molecule has 2 N–H and O–H groups in total. The minimum Gasteiger partial charge on any atom is -0.386 e. The molecular weight excluding hydrogens is 296 g/mol. The maximum absolute atomic E-state index is 11.7. The summed E-state index contributed by atoms with van der Waals surface area (Å²) in [5.41, 5.74) is 0.883. The molecule has 2 aromatic rings. The zero-order valence-electron chi connectivity index (χ0n) is 10.8. The van der Waals surface area contributed by atoms with Crippen molar-refractivity contribution in [3.63, 3.8) is 0 Å². The molecule has 4 nitrogen and oxygen atoms in total. The van der Waals surface area contributed by atoms with E-state index >= 15 is 0 Å². The van der Waals surface area contributed by atoms with Crippen molar-refractivity contribution in [2.75, 3.05) is 6.54 Å². The molecule has 20 heavy (non-hydrogen) atoms. The Morgan fingerprint density at radius 1 is 1.40 bits per heavy atom. The molecule has 2 heterocycles. The minimum atomic E-state index is -0.716. The third-order valence-corrected chi connectivity index (χ3v) is 4.08. The van der Waals surface area contributed by atoms with Crippen LogP contribution < -0.4 is 5.32 Å². The Hall–Kier alpha value is -1.43.